The lowest BCUT2D eigenvalue weighted by Gasteiger charge is -2.32. The summed E-state index contributed by atoms with van der Waals surface area (Å²) in [6.07, 6.45) is 4.28. The molecule has 7 heteroatoms. The molecular weight excluding hydrogens is 484 g/mol. The normalized spacial score (nSPS) is 14.3. The standard InChI is InChI=1S/C30H36N4O2.ClH/c1-35-26-11-7-23(8-12-26)15-19-33-20-17-25(18-21-33)31-30-32-28-5-3-4-6-29(28)34(30)22-16-24-9-13-27(36-2)14-10-24;/h3-14,25H,15-22H2,1-2H3,(H,31,32);1H. The lowest BCUT2D eigenvalue weighted by molar-refractivity contribution is 0.221. The zero-order valence-corrected chi connectivity index (χ0v) is 22.5. The van der Waals surface area contributed by atoms with Crippen LogP contribution in [0.4, 0.5) is 5.95 Å². The summed E-state index contributed by atoms with van der Waals surface area (Å²) in [5.41, 5.74) is 4.89. The number of aromatic nitrogens is 2. The molecule has 196 valence electrons. The smallest absolute Gasteiger partial charge is 0.204 e. The summed E-state index contributed by atoms with van der Waals surface area (Å²) in [6.45, 7) is 4.20. The first-order chi connectivity index (χ1) is 17.7. The molecule has 4 aromatic rings. The number of hydrogen-bond acceptors (Lipinski definition) is 5. The van der Waals surface area contributed by atoms with Gasteiger partial charge in [-0.2, -0.15) is 0 Å². The third-order valence-corrected chi connectivity index (χ3v) is 7.23. The number of ether oxygens (including phenoxy) is 2. The molecule has 0 spiro atoms. The Morgan fingerprint density at radius 3 is 1.95 bits per heavy atom. The van der Waals surface area contributed by atoms with Crippen LogP contribution in [0, 0.1) is 0 Å². The van der Waals surface area contributed by atoms with Crippen LogP contribution in [0.5, 0.6) is 11.5 Å². The molecule has 0 bridgehead atoms. The number of nitrogens with one attached hydrogen (secondary N) is 1. The van der Waals surface area contributed by atoms with Crippen LogP contribution in [0.15, 0.2) is 72.8 Å². The highest BCUT2D eigenvalue weighted by Crippen LogP contribution is 2.24. The molecular formula is C30H37ClN4O2. The largest absolute Gasteiger partial charge is 0.497 e. The monoisotopic (exact) mass is 520 g/mol. The van der Waals surface area contributed by atoms with Crippen LogP contribution in [-0.2, 0) is 19.4 Å². The number of likely N-dealkylation sites (tertiary alicyclic amines) is 1. The first-order valence-corrected chi connectivity index (χ1v) is 12.9. The van der Waals surface area contributed by atoms with E-state index in [1.54, 1.807) is 14.2 Å². The van der Waals surface area contributed by atoms with Crippen molar-refractivity contribution in [3.63, 3.8) is 0 Å². The summed E-state index contributed by atoms with van der Waals surface area (Å²) in [4.78, 5) is 7.54. The molecule has 0 amide bonds. The van der Waals surface area contributed by atoms with Crippen molar-refractivity contribution in [2.24, 2.45) is 0 Å². The Kier molecular flexibility index (Phi) is 9.31. The number of nitrogens with zero attached hydrogens (tertiary/aromatic N) is 3. The van der Waals surface area contributed by atoms with E-state index in [2.05, 4.69) is 63.3 Å². The van der Waals surface area contributed by atoms with Crippen LogP contribution < -0.4 is 14.8 Å². The molecule has 2 heterocycles. The molecule has 0 atom stereocenters. The van der Waals surface area contributed by atoms with Gasteiger partial charge >= 0.3 is 0 Å². The predicted octanol–water partition coefficient (Wildman–Crippen LogP) is 5.84. The Hall–Kier alpha value is -3.22. The van der Waals surface area contributed by atoms with Crippen molar-refractivity contribution in [2.45, 2.75) is 38.3 Å². The molecule has 1 fully saturated rings. The third-order valence-electron chi connectivity index (χ3n) is 7.23. The Balaban J connectivity index is 0.00000320. The second-order valence-electron chi connectivity index (χ2n) is 9.53. The Morgan fingerprint density at radius 2 is 1.35 bits per heavy atom. The zero-order valence-electron chi connectivity index (χ0n) is 21.7. The molecule has 3 aromatic carbocycles. The molecule has 37 heavy (non-hydrogen) atoms. The van der Waals surface area contributed by atoms with E-state index >= 15 is 0 Å². The van der Waals surface area contributed by atoms with Gasteiger partial charge in [0, 0.05) is 32.2 Å². The van der Waals surface area contributed by atoms with Crippen LogP contribution in [0.2, 0.25) is 0 Å². The summed E-state index contributed by atoms with van der Waals surface area (Å²) in [7, 11) is 3.42. The number of benzene rings is 3. The lowest BCUT2D eigenvalue weighted by Crippen LogP contribution is -2.40. The number of fused-ring (bicyclic) bond motifs is 1. The number of para-hydroxylation sites is 2. The van der Waals surface area contributed by atoms with E-state index in [1.165, 1.54) is 16.6 Å². The zero-order chi connectivity index (χ0) is 24.7. The number of rotatable bonds is 10. The summed E-state index contributed by atoms with van der Waals surface area (Å²) < 4.78 is 12.9. The summed E-state index contributed by atoms with van der Waals surface area (Å²) >= 11 is 0. The molecule has 1 aromatic heterocycles. The second kappa shape index (κ2) is 12.8. The summed E-state index contributed by atoms with van der Waals surface area (Å²) in [5, 5.41) is 3.79. The van der Waals surface area contributed by atoms with Crippen molar-refractivity contribution in [3.05, 3.63) is 83.9 Å². The number of aryl methyl sites for hydroxylation is 2. The van der Waals surface area contributed by atoms with Gasteiger partial charge in [0.05, 0.1) is 25.3 Å². The quantitative estimate of drug-likeness (QED) is 0.285. The van der Waals surface area contributed by atoms with Crippen LogP contribution in [0.3, 0.4) is 0 Å². The SMILES string of the molecule is COc1ccc(CCN2CCC(Nc3nc4ccccc4n3CCc3ccc(OC)cc3)CC2)cc1.Cl. The van der Waals surface area contributed by atoms with E-state index in [1.807, 2.05) is 24.3 Å². The van der Waals surface area contributed by atoms with Gasteiger partial charge in [-0.3, -0.25) is 0 Å². The van der Waals surface area contributed by atoms with Gasteiger partial charge in [0.2, 0.25) is 5.95 Å². The van der Waals surface area contributed by atoms with Crippen molar-refractivity contribution >= 4 is 29.4 Å². The molecule has 0 saturated carbocycles. The van der Waals surface area contributed by atoms with Crippen molar-refractivity contribution in [3.8, 4) is 11.5 Å². The number of piperidine rings is 1. The van der Waals surface area contributed by atoms with Gasteiger partial charge in [0.1, 0.15) is 11.5 Å². The van der Waals surface area contributed by atoms with Gasteiger partial charge < -0.3 is 24.3 Å². The molecule has 1 saturated heterocycles. The highest BCUT2D eigenvalue weighted by molar-refractivity contribution is 5.85. The molecule has 1 aliphatic heterocycles. The fourth-order valence-electron chi connectivity index (χ4n) is 5.01. The topological polar surface area (TPSA) is 51.5 Å². The van der Waals surface area contributed by atoms with Gasteiger partial charge in [-0.1, -0.05) is 36.4 Å². The maximum atomic E-state index is 5.30. The maximum Gasteiger partial charge on any atom is 0.204 e. The van der Waals surface area contributed by atoms with Crippen molar-refractivity contribution in [2.75, 3.05) is 39.2 Å². The summed E-state index contributed by atoms with van der Waals surface area (Å²) in [5.74, 6) is 2.80. The Labute approximate surface area is 226 Å². The molecule has 1 aliphatic rings. The molecule has 0 aliphatic carbocycles. The molecule has 6 nitrogen and oxygen atoms in total. The van der Waals surface area contributed by atoms with E-state index in [0.717, 1.165) is 74.8 Å². The lowest BCUT2D eigenvalue weighted by atomic mass is 10.0. The fraction of sp³-hybridized carbons (Fsp3) is 0.367. The van der Waals surface area contributed by atoms with Crippen LogP contribution in [0.25, 0.3) is 11.0 Å². The van der Waals surface area contributed by atoms with Gasteiger partial charge in [-0.05, 0) is 73.2 Å². The Morgan fingerprint density at radius 1 is 0.784 bits per heavy atom. The number of halogens is 1. The van der Waals surface area contributed by atoms with E-state index in [-0.39, 0.29) is 12.4 Å². The van der Waals surface area contributed by atoms with Crippen LogP contribution >= 0.6 is 12.4 Å². The number of imidazole rings is 1. The molecule has 1 N–H and O–H groups in total. The van der Waals surface area contributed by atoms with Crippen LogP contribution in [0.1, 0.15) is 24.0 Å². The van der Waals surface area contributed by atoms with E-state index in [0.29, 0.717) is 6.04 Å². The minimum absolute atomic E-state index is 0. The number of hydrogen-bond donors (Lipinski definition) is 1. The van der Waals surface area contributed by atoms with Crippen LogP contribution in [-0.4, -0.2) is 54.3 Å². The molecule has 0 radical (unpaired) electrons. The number of methoxy groups -OCH3 is 2. The third kappa shape index (κ3) is 6.76. The Bertz CT molecular complexity index is 1250. The van der Waals surface area contributed by atoms with E-state index < -0.39 is 0 Å². The predicted molar refractivity (Wildman–Crippen MR) is 153 cm³/mol. The highest BCUT2D eigenvalue weighted by Gasteiger charge is 2.21. The van der Waals surface area contributed by atoms with Crippen molar-refractivity contribution in [1.82, 2.24) is 14.5 Å². The van der Waals surface area contributed by atoms with Crippen molar-refractivity contribution < 1.29 is 9.47 Å². The second-order valence-corrected chi connectivity index (χ2v) is 9.53. The highest BCUT2D eigenvalue weighted by atomic mass is 35.5. The van der Waals surface area contributed by atoms with E-state index in [4.69, 9.17) is 14.5 Å². The molecule has 0 unspecified atom stereocenters. The van der Waals surface area contributed by atoms with Gasteiger partial charge in [-0.25, -0.2) is 4.98 Å². The fourth-order valence-corrected chi connectivity index (χ4v) is 5.01. The minimum atomic E-state index is 0. The first-order valence-electron chi connectivity index (χ1n) is 12.9. The van der Waals surface area contributed by atoms with Gasteiger partial charge in [0.15, 0.2) is 0 Å². The van der Waals surface area contributed by atoms with Gasteiger partial charge in [0.25, 0.3) is 0 Å². The average molecular weight is 521 g/mol. The average Bonchev–Trinajstić information content (AvgIpc) is 3.28. The number of anilines is 1. The minimum Gasteiger partial charge on any atom is -0.497 e. The summed E-state index contributed by atoms with van der Waals surface area (Å²) in [6, 6.07) is 25.7. The van der Waals surface area contributed by atoms with Gasteiger partial charge in [-0.15, -0.1) is 12.4 Å². The molecule has 5 rings (SSSR count). The first kappa shape index (κ1) is 26.8. The van der Waals surface area contributed by atoms with E-state index in [9.17, 15) is 0 Å². The van der Waals surface area contributed by atoms with Crippen molar-refractivity contribution in [1.29, 1.82) is 0 Å². The maximum absolute atomic E-state index is 5.30.